The minimum absolute atomic E-state index is 0.0188. The van der Waals surface area contributed by atoms with E-state index in [1.165, 1.54) is 0 Å². The first-order valence-electron chi connectivity index (χ1n) is 5.75. The van der Waals surface area contributed by atoms with E-state index in [-0.39, 0.29) is 5.91 Å². The summed E-state index contributed by atoms with van der Waals surface area (Å²) in [6.07, 6.45) is 2.79. The van der Waals surface area contributed by atoms with E-state index in [9.17, 15) is 4.79 Å². The summed E-state index contributed by atoms with van der Waals surface area (Å²) in [4.78, 5) is 11.7. The molecule has 0 radical (unpaired) electrons. The van der Waals surface area contributed by atoms with Gasteiger partial charge in [0.15, 0.2) is 0 Å². The molecule has 0 fully saturated rings. The average Bonchev–Trinajstić information content (AvgIpc) is 2.36. The van der Waals surface area contributed by atoms with Gasteiger partial charge in [-0.05, 0) is 31.0 Å². The smallest absolute Gasteiger partial charge is 0.246 e. The lowest BCUT2D eigenvalue weighted by molar-refractivity contribution is -0.117. The van der Waals surface area contributed by atoms with Crippen LogP contribution in [0.2, 0.25) is 0 Å². The van der Waals surface area contributed by atoms with E-state index in [4.69, 9.17) is 4.74 Å². The highest BCUT2D eigenvalue weighted by molar-refractivity contribution is 5.92. The van der Waals surface area contributed by atoms with Crippen molar-refractivity contribution in [3.05, 3.63) is 41.5 Å². The minimum Gasteiger partial charge on any atom is -0.497 e. The molecule has 3 nitrogen and oxygen atoms in total. The van der Waals surface area contributed by atoms with E-state index in [0.717, 1.165) is 23.3 Å². The molecule has 1 rings (SSSR count). The molecule has 0 aromatic heterocycles. The number of rotatable bonds is 5. The molecule has 17 heavy (non-hydrogen) atoms. The van der Waals surface area contributed by atoms with Crippen molar-refractivity contribution in [3.8, 4) is 5.75 Å². The maximum absolute atomic E-state index is 11.7. The third kappa shape index (κ3) is 4.31. The number of allylic oxidation sites excluding steroid dienone is 1. The molecular weight excluding hydrogens is 214 g/mol. The number of carbonyl (C=O) groups is 1. The summed E-state index contributed by atoms with van der Waals surface area (Å²) in [6, 6.07) is 7.67. The molecule has 1 aromatic carbocycles. The number of ether oxygens (including phenoxy) is 1. The maximum Gasteiger partial charge on any atom is 0.246 e. The van der Waals surface area contributed by atoms with E-state index in [1.54, 1.807) is 7.11 Å². The van der Waals surface area contributed by atoms with Crippen LogP contribution in [0.4, 0.5) is 0 Å². The topological polar surface area (TPSA) is 38.3 Å². The summed E-state index contributed by atoms with van der Waals surface area (Å²) in [5.41, 5.74) is 1.79. The number of hydrogen-bond acceptors (Lipinski definition) is 2. The Kier molecular flexibility index (Phi) is 5.27. The summed E-state index contributed by atoms with van der Waals surface area (Å²) >= 11 is 0. The molecule has 0 unspecified atom stereocenters. The Hall–Kier alpha value is -1.77. The van der Waals surface area contributed by atoms with Crippen LogP contribution in [0.25, 0.3) is 0 Å². The molecule has 1 aromatic rings. The molecule has 0 aliphatic rings. The van der Waals surface area contributed by atoms with E-state index in [1.807, 2.05) is 44.2 Å². The zero-order valence-electron chi connectivity index (χ0n) is 10.6. The van der Waals surface area contributed by atoms with E-state index < -0.39 is 0 Å². The first kappa shape index (κ1) is 13.3. The quantitative estimate of drug-likeness (QED) is 0.794. The van der Waals surface area contributed by atoms with Crippen LogP contribution in [-0.4, -0.2) is 13.0 Å². The monoisotopic (exact) mass is 233 g/mol. The average molecular weight is 233 g/mol. The SMILES string of the molecule is CC/C=C(\C)C(=O)NCc1cccc(OC)c1. The first-order valence-corrected chi connectivity index (χ1v) is 5.75. The number of amides is 1. The molecule has 92 valence electrons. The second kappa shape index (κ2) is 6.74. The fraction of sp³-hybridized carbons (Fsp3) is 0.357. The van der Waals surface area contributed by atoms with E-state index >= 15 is 0 Å². The van der Waals surface area contributed by atoms with Crippen LogP contribution < -0.4 is 10.1 Å². The van der Waals surface area contributed by atoms with Crippen molar-refractivity contribution in [2.24, 2.45) is 0 Å². The molecule has 1 N–H and O–H groups in total. The van der Waals surface area contributed by atoms with Gasteiger partial charge in [0.05, 0.1) is 7.11 Å². The zero-order chi connectivity index (χ0) is 12.7. The molecule has 1 amide bonds. The molecule has 0 saturated carbocycles. The van der Waals surface area contributed by atoms with Crippen LogP contribution in [0.5, 0.6) is 5.75 Å². The second-order valence-corrected chi connectivity index (χ2v) is 3.83. The number of benzene rings is 1. The molecule has 0 aliphatic heterocycles. The number of nitrogens with one attached hydrogen (secondary N) is 1. The van der Waals surface area contributed by atoms with Gasteiger partial charge in [-0.3, -0.25) is 4.79 Å². The Balaban J connectivity index is 2.55. The first-order chi connectivity index (χ1) is 8.17. The van der Waals surface area contributed by atoms with E-state index in [2.05, 4.69) is 5.32 Å². The summed E-state index contributed by atoms with van der Waals surface area (Å²) < 4.78 is 5.12. The molecule has 0 aliphatic carbocycles. The number of hydrogen-bond donors (Lipinski definition) is 1. The van der Waals surface area contributed by atoms with Gasteiger partial charge in [0, 0.05) is 12.1 Å². The zero-order valence-corrected chi connectivity index (χ0v) is 10.6. The fourth-order valence-electron chi connectivity index (χ4n) is 1.50. The van der Waals surface area contributed by atoms with Crippen LogP contribution in [0.15, 0.2) is 35.9 Å². The second-order valence-electron chi connectivity index (χ2n) is 3.83. The Morgan fingerprint density at radius 2 is 2.24 bits per heavy atom. The number of carbonyl (C=O) groups excluding carboxylic acids is 1. The number of methoxy groups -OCH3 is 1. The maximum atomic E-state index is 11.7. The van der Waals surface area contributed by atoms with Gasteiger partial charge >= 0.3 is 0 Å². The normalized spacial score (nSPS) is 11.1. The van der Waals surface area contributed by atoms with Gasteiger partial charge in [-0.1, -0.05) is 25.1 Å². The van der Waals surface area contributed by atoms with Crippen molar-refractivity contribution in [2.75, 3.05) is 7.11 Å². The van der Waals surface area contributed by atoms with Crippen LogP contribution in [-0.2, 0) is 11.3 Å². The molecular formula is C14H19NO2. The van der Waals surface area contributed by atoms with Crippen LogP contribution in [0, 0.1) is 0 Å². The Morgan fingerprint density at radius 3 is 2.88 bits per heavy atom. The Bertz CT molecular complexity index is 410. The lowest BCUT2D eigenvalue weighted by Gasteiger charge is -2.07. The van der Waals surface area contributed by atoms with Crippen molar-refractivity contribution in [1.82, 2.24) is 5.32 Å². The Labute approximate surface area is 102 Å². The Morgan fingerprint density at radius 1 is 1.47 bits per heavy atom. The largest absolute Gasteiger partial charge is 0.497 e. The van der Waals surface area contributed by atoms with Crippen molar-refractivity contribution in [2.45, 2.75) is 26.8 Å². The van der Waals surface area contributed by atoms with Gasteiger partial charge in [-0.15, -0.1) is 0 Å². The standard InChI is InChI=1S/C14H19NO2/c1-4-6-11(2)14(16)15-10-12-7-5-8-13(9-12)17-3/h5-9H,4,10H2,1-3H3,(H,15,16)/b11-6+. The van der Waals surface area contributed by atoms with Crippen molar-refractivity contribution >= 4 is 5.91 Å². The molecule has 0 spiro atoms. The molecule has 0 saturated heterocycles. The van der Waals surface area contributed by atoms with Crippen LogP contribution >= 0.6 is 0 Å². The third-order valence-electron chi connectivity index (χ3n) is 2.46. The molecule has 3 heteroatoms. The van der Waals surface area contributed by atoms with Crippen molar-refractivity contribution in [3.63, 3.8) is 0 Å². The summed E-state index contributed by atoms with van der Waals surface area (Å²) in [6.45, 7) is 4.36. The minimum atomic E-state index is -0.0188. The summed E-state index contributed by atoms with van der Waals surface area (Å²) in [5, 5.41) is 2.87. The lowest BCUT2D eigenvalue weighted by atomic mass is 10.2. The van der Waals surface area contributed by atoms with Crippen LogP contribution in [0.1, 0.15) is 25.8 Å². The van der Waals surface area contributed by atoms with Crippen LogP contribution in [0.3, 0.4) is 0 Å². The third-order valence-corrected chi connectivity index (χ3v) is 2.46. The predicted molar refractivity (Wildman–Crippen MR) is 68.9 cm³/mol. The van der Waals surface area contributed by atoms with Gasteiger partial charge < -0.3 is 10.1 Å². The van der Waals surface area contributed by atoms with Gasteiger partial charge in [0.2, 0.25) is 5.91 Å². The van der Waals surface area contributed by atoms with Crippen molar-refractivity contribution in [1.29, 1.82) is 0 Å². The van der Waals surface area contributed by atoms with E-state index in [0.29, 0.717) is 6.54 Å². The fourth-order valence-corrected chi connectivity index (χ4v) is 1.50. The lowest BCUT2D eigenvalue weighted by Crippen LogP contribution is -2.23. The van der Waals surface area contributed by atoms with Gasteiger partial charge in [0.1, 0.15) is 5.75 Å². The molecule has 0 bridgehead atoms. The highest BCUT2D eigenvalue weighted by Gasteiger charge is 2.03. The van der Waals surface area contributed by atoms with Crippen molar-refractivity contribution < 1.29 is 9.53 Å². The highest BCUT2D eigenvalue weighted by Crippen LogP contribution is 2.12. The predicted octanol–water partition coefficient (Wildman–Crippen LogP) is 2.67. The van der Waals surface area contributed by atoms with Gasteiger partial charge in [-0.25, -0.2) is 0 Å². The molecule has 0 heterocycles. The van der Waals surface area contributed by atoms with Gasteiger partial charge in [-0.2, -0.15) is 0 Å². The molecule has 0 atom stereocenters. The summed E-state index contributed by atoms with van der Waals surface area (Å²) in [7, 11) is 1.63. The van der Waals surface area contributed by atoms with Gasteiger partial charge in [0.25, 0.3) is 0 Å². The summed E-state index contributed by atoms with van der Waals surface area (Å²) in [5.74, 6) is 0.784. The highest BCUT2D eigenvalue weighted by atomic mass is 16.5.